The van der Waals surface area contributed by atoms with Gasteiger partial charge in [-0.25, -0.2) is 0 Å². The summed E-state index contributed by atoms with van der Waals surface area (Å²) in [5, 5.41) is -1.13. The zero-order valence-corrected chi connectivity index (χ0v) is 15.3. The Labute approximate surface area is 153 Å². The fourth-order valence-electron chi connectivity index (χ4n) is 4.62. The molecule has 2 saturated heterocycles. The maximum atomic E-state index is 12.4. The van der Waals surface area contributed by atoms with Crippen molar-refractivity contribution in [2.45, 2.75) is 31.5 Å². The number of fused-ring (bicyclic) bond motifs is 1. The minimum Gasteiger partial charge on any atom is -0.599 e. The van der Waals surface area contributed by atoms with Crippen LogP contribution in [0, 0.1) is 0 Å². The molecule has 26 heavy (non-hydrogen) atoms. The van der Waals surface area contributed by atoms with E-state index in [9.17, 15) is 14.4 Å². The highest BCUT2D eigenvalue weighted by Gasteiger charge is 2.74. The van der Waals surface area contributed by atoms with E-state index < -0.39 is 23.9 Å². The quantitative estimate of drug-likeness (QED) is 0.424. The van der Waals surface area contributed by atoms with Crippen LogP contribution >= 0.6 is 0 Å². The smallest absolute Gasteiger partial charge is 0.597 e. The number of rotatable bonds is 7. The van der Waals surface area contributed by atoms with E-state index in [1.54, 1.807) is 7.05 Å². The van der Waals surface area contributed by atoms with Crippen LogP contribution in [0.2, 0.25) is 5.31 Å². The lowest BCUT2D eigenvalue weighted by Gasteiger charge is -2.49. The Morgan fingerprint density at radius 2 is 1.81 bits per heavy atom. The molecule has 2 fully saturated rings. The van der Waals surface area contributed by atoms with Crippen molar-refractivity contribution in [3.8, 4) is 0 Å². The Balaban J connectivity index is 2.04. The number of carbonyl (C=O) groups is 3. The van der Waals surface area contributed by atoms with Gasteiger partial charge in [0.15, 0.2) is 0 Å². The summed E-state index contributed by atoms with van der Waals surface area (Å²) in [5.41, 5.74) is 1.84. The van der Waals surface area contributed by atoms with Crippen molar-refractivity contribution in [1.29, 1.82) is 0 Å². The van der Waals surface area contributed by atoms with Crippen LogP contribution in [0.1, 0.15) is 25.3 Å². The molecule has 0 bridgehead atoms. The molecule has 0 radical (unpaired) electrons. The Bertz CT molecular complexity index is 742. The molecule has 1 unspecified atom stereocenters. The molecule has 2 aliphatic rings. The molecule has 3 rings (SSSR count). The summed E-state index contributed by atoms with van der Waals surface area (Å²) in [6.07, 6.45) is 2.13. The number of aryl methyl sites for hydroxylation is 1. The Morgan fingerprint density at radius 1 is 1.23 bits per heavy atom. The van der Waals surface area contributed by atoms with Crippen molar-refractivity contribution < 1.29 is 28.1 Å². The molecule has 2 heterocycles. The van der Waals surface area contributed by atoms with E-state index in [1.807, 2.05) is 37.3 Å². The predicted molar refractivity (Wildman–Crippen MR) is 96.8 cm³/mol. The van der Waals surface area contributed by atoms with Gasteiger partial charge in [-0.05, 0) is 25.3 Å². The summed E-state index contributed by atoms with van der Waals surface area (Å²) >= 11 is 0. The number of hydrogen-bond donors (Lipinski definition) is 0. The van der Waals surface area contributed by atoms with E-state index in [2.05, 4.69) is 6.58 Å². The lowest BCUT2D eigenvalue weighted by molar-refractivity contribution is -0.795. The number of aldehydes is 1. The third-order valence-corrected chi connectivity index (χ3v) is 5.70. The Morgan fingerprint density at radius 3 is 2.31 bits per heavy atom. The number of benzene rings is 1. The predicted octanol–water partition coefficient (Wildman–Crippen LogP) is 2.02. The largest absolute Gasteiger partial charge is 0.599 e. The van der Waals surface area contributed by atoms with Crippen molar-refractivity contribution >= 4 is 24.9 Å². The molecule has 0 aliphatic carbocycles. The van der Waals surface area contributed by atoms with E-state index in [4.69, 9.17) is 9.31 Å². The summed E-state index contributed by atoms with van der Waals surface area (Å²) in [6, 6.07) is 9.77. The molecular weight excluding hydrogens is 333 g/mol. The molecule has 0 N–H and O–H groups in total. The minimum absolute atomic E-state index is 0.00151. The highest BCUT2D eigenvalue weighted by Crippen LogP contribution is 2.54. The number of likely N-dealkylation sites (N-methyl/N-ethyl adjacent to an activating group) is 1. The van der Waals surface area contributed by atoms with Crippen LogP contribution < -0.4 is 0 Å². The third kappa shape index (κ3) is 2.76. The molecule has 0 saturated carbocycles. The van der Waals surface area contributed by atoms with E-state index in [1.165, 1.54) is 0 Å². The first-order valence-corrected chi connectivity index (χ1v) is 8.82. The Kier molecular flexibility index (Phi) is 4.52. The summed E-state index contributed by atoms with van der Waals surface area (Å²) in [7, 11) is 1.76. The summed E-state index contributed by atoms with van der Waals surface area (Å²) in [6.45, 7) is 3.35. The van der Waals surface area contributed by atoms with Crippen LogP contribution in [0.3, 0.4) is 0 Å². The van der Waals surface area contributed by atoms with Crippen molar-refractivity contribution in [1.82, 2.24) is 0 Å². The monoisotopic (exact) mass is 357 g/mol. The average molecular weight is 357 g/mol. The van der Waals surface area contributed by atoms with Crippen LogP contribution in [-0.2, 0) is 30.1 Å². The fraction of sp³-hybridized carbons (Fsp3) is 0.421. The molecule has 7 heteroatoms. The van der Waals surface area contributed by atoms with Gasteiger partial charge in [0.25, 0.3) is 0 Å². The van der Waals surface area contributed by atoms with Gasteiger partial charge in [-0.3, -0.25) is 9.59 Å². The summed E-state index contributed by atoms with van der Waals surface area (Å²) in [4.78, 5) is 36.7. The van der Waals surface area contributed by atoms with Crippen LogP contribution in [-0.4, -0.2) is 49.4 Å². The molecule has 138 valence electrons. The van der Waals surface area contributed by atoms with Gasteiger partial charge < -0.3 is 18.5 Å². The number of quaternary nitrogens is 1. The number of carbonyl (C=O) groups excluding carboxylic acids is 3. The highest BCUT2D eigenvalue weighted by molar-refractivity contribution is 6.72. The van der Waals surface area contributed by atoms with Crippen molar-refractivity contribution in [2.75, 3.05) is 20.1 Å². The fourth-order valence-corrected chi connectivity index (χ4v) is 4.62. The maximum absolute atomic E-state index is 12.4. The van der Waals surface area contributed by atoms with Crippen LogP contribution in [0.4, 0.5) is 0 Å². The van der Waals surface area contributed by atoms with Gasteiger partial charge in [0.05, 0.1) is 5.31 Å². The molecular formula is C19H24BNO5. The second-order valence-electron chi connectivity index (χ2n) is 7.92. The lowest BCUT2D eigenvalue weighted by Crippen LogP contribution is -2.67. The van der Waals surface area contributed by atoms with Gasteiger partial charge in [0.1, 0.15) is 19.4 Å². The molecule has 1 atom stereocenters. The second kappa shape index (κ2) is 6.39. The van der Waals surface area contributed by atoms with Crippen LogP contribution in [0.15, 0.2) is 42.5 Å². The first kappa shape index (κ1) is 18.4. The van der Waals surface area contributed by atoms with E-state index in [0.717, 1.165) is 17.4 Å². The van der Waals surface area contributed by atoms with Crippen molar-refractivity contribution in [3.63, 3.8) is 0 Å². The van der Waals surface area contributed by atoms with Gasteiger partial charge in [-0.15, -0.1) is 6.58 Å². The Hall–Kier alpha value is -2.41. The van der Waals surface area contributed by atoms with Crippen LogP contribution in [0.25, 0.3) is 0 Å². The van der Waals surface area contributed by atoms with E-state index in [0.29, 0.717) is 19.3 Å². The van der Waals surface area contributed by atoms with Crippen molar-refractivity contribution in [2.24, 2.45) is 0 Å². The first-order valence-electron chi connectivity index (χ1n) is 8.82. The van der Waals surface area contributed by atoms with E-state index in [-0.39, 0.29) is 17.5 Å². The SMILES string of the molecule is C=C(C)CC(C=O)(CCc1ccccc1)[B-]12OC(=O)C[N+]1(C)CC(=O)O2. The van der Waals surface area contributed by atoms with Crippen LogP contribution in [0.5, 0.6) is 0 Å². The highest BCUT2D eigenvalue weighted by atomic mass is 16.7. The van der Waals surface area contributed by atoms with Gasteiger partial charge >= 0.3 is 18.6 Å². The second-order valence-corrected chi connectivity index (χ2v) is 7.92. The zero-order chi connectivity index (χ0) is 19.0. The van der Waals surface area contributed by atoms with Gasteiger partial charge in [0.2, 0.25) is 0 Å². The molecule has 0 aromatic heterocycles. The number of nitrogens with zero attached hydrogens (tertiary/aromatic N) is 1. The number of hydrogen-bond acceptors (Lipinski definition) is 5. The zero-order valence-electron chi connectivity index (χ0n) is 15.3. The lowest BCUT2D eigenvalue weighted by atomic mass is 9.42. The normalized spacial score (nSPS) is 29.5. The molecule has 1 aromatic rings. The number of allylic oxidation sites excluding steroid dienone is 1. The third-order valence-electron chi connectivity index (χ3n) is 5.70. The van der Waals surface area contributed by atoms with Gasteiger partial charge in [-0.1, -0.05) is 42.3 Å². The minimum atomic E-state index is -2.49. The molecule has 1 aromatic carbocycles. The average Bonchev–Trinajstić information content (AvgIpc) is 2.96. The maximum Gasteiger partial charge on any atom is 0.597 e. The molecule has 0 spiro atoms. The van der Waals surface area contributed by atoms with E-state index >= 15 is 0 Å². The van der Waals surface area contributed by atoms with Gasteiger partial charge in [0, 0.05) is 7.05 Å². The molecule has 2 aliphatic heterocycles. The summed E-state index contributed by atoms with van der Waals surface area (Å²) in [5.74, 6) is -0.875. The standard InChI is InChI=1S/C19H24BNO5/c1-15(2)11-19(14-22,10-9-16-7-5-4-6-8-16)20-21(3,12-17(23)25-20)13-18(24)26-20/h4-8,14H,1,9-13H2,2-3H3. The molecule has 0 amide bonds. The topological polar surface area (TPSA) is 69.7 Å². The first-order chi connectivity index (χ1) is 12.3. The van der Waals surface area contributed by atoms with Crippen molar-refractivity contribution in [3.05, 3.63) is 48.0 Å². The van der Waals surface area contributed by atoms with Gasteiger partial charge in [-0.2, -0.15) is 0 Å². The molecule has 6 nitrogen and oxygen atoms in total. The summed E-state index contributed by atoms with van der Waals surface area (Å²) < 4.78 is 11.3.